The summed E-state index contributed by atoms with van der Waals surface area (Å²) in [6, 6.07) is 28.1. The van der Waals surface area contributed by atoms with Crippen molar-refractivity contribution in [3.05, 3.63) is 123 Å². The van der Waals surface area contributed by atoms with Gasteiger partial charge in [-0.3, -0.25) is 9.48 Å². The van der Waals surface area contributed by atoms with Crippen LogP contribution in [0.25, 0.3) is 27.6 Å². The average Bonchev–Trinajstić information content (AvgIpc) is 3.37. The summed E-state index contributed by atoms with van der Waals surface area (Å²) in [6.45, 7) is 4.87. The molecule has 0 amide bonds. The van der Waals surface area contributed by atoms with E-state index in [4.69, 9.17) is 28.3 Å². The van der Waals surface area contributed by atoms with Gasteiger partial charge in [-0.1, -0.05) is 104 Å². The number of aromatic nitrogens is 2. The summed E-state index contributed by atoms with van der Waals surface area (Å²) in [7, 11) is 0. The van der Waals surface area contributed by atoms with Gasteiger partial charge in [0.05, 0.1) is 18.3 Å². The molecular formula is C35H29Cl2N3O. The third-order valence-electron chi connectivity index (χ3n) is 8.23. The lowest BCUT2D eigenvalue weighted by atomic mass is 9.67. The minimum atomic E-state index is -0.327. The van der Waals surface area contributed by atoms with E-state index in [1.165, 1.54) is 10.8 Å². The molecule has 1 atom stereocenters. The lowest BCUT2D eigenvalue weighted by Gasteiger charge is -2.40. The Morgan fingerprint density at radius 3 is 2.54 bits per heavy atom. The van der Waals surface area contributed by atoms with Gasteiger partial charge in [0.1, 0.15) is 0 Å². The van der Waals surface area contributed by atoms with Crippen molar-refractivity contribution in [3.63, 3.8) is 0 Å². The van der Waals surface area contributed by atoms with Crippen molar-refractivity contribution < 1.29 is 4.79 Å². The molecule has 1 aliphatic heterocycles. The molecule has 1 aliphatic carbocycles. The van der Waals surface area contributed by atoms with Crippen LogP contribution >= 0.6 is 23.2 Å². The highest BCUT2D eigenvalue weighted by atomic mass is 35.5. The third kappa shape index (κ3) is 4.65. The van der Waals surface area contributed by atoms with Crippen molar-refractivity contribution in [3.8, 4) is 11.3 Å². The van der Waals surface area contributed by atoms with Crippen LogP contribution in [0, 0.1) is 5.41 Å². The molecule has 0 bridgehead atoms. The molecule has 6 heteroatoms. The monoisotopic (exact) mass is 577 g/mol. The summed E-state index contributed by atoms with van der Waals surface area (Å²) >= 11 is 12.7. The molecule has 4 nitrogen and oxygen atoms in total. The molecule has 2 aliphatic rings. The minimum Gasteiger partial charge on any atom is -0.373 e. The van der Waals surface area contributed by atoms with Crippen LogP contribution < -0.4 is 5.32 Å². The fourth-order valence-electron chi connectivity index (χ4n) is 6.44. The molecular weight excluding hydrogens is 549 g/mol. The fraction of sp³-hybridized carbons (Fsp3) is 0.200. The van der Waals surface area contributed by atoms with Crippen molar-refractivity contribution in [1.29, 1.82) is 0 Å². The van der Waals surface area contributed by atoms with Gasteiger partial charge in [0, 0.05) is 50.6 Å². The van der Waals surface area contributed by atoms with Gasteiger partial charge in [-0.2, -0.15) is 5.10 Å². The highest BCUT2D eigenvalue weighted by Gasteiger charge is 2.42. The van der Waals surface area contributed by atoms with Crippen molar-refractivity contribution in [2.75, 3.05) is 5.32 Å². The van der Waals surface area contributed by atoms with Crippen LogP contribution in [0.4, 0.5) is 5.69 Å². The van der Waals surface area contributed by atoms with Gasteiger partial charge in [-0.15, -0.1) is 0 Å². The molecule has 0 saturated heterocycles. The van der Waals surface area contributed by atoms with E-state index < -0.39 is 0 Å². The van der Waals surface area contributed by atoms with Crippen molar-refractivity contribution in [1.82, 2.24) is 9.78 Å². The van der Waals surface area contributed by atoms with E-state index >= 15 is 0 Å². The number of carbonyl (C=O) groups is 1. The number of hydrogen-bond donors (Lipinski definition) is 1. The van der Waals surface area contributed by atoms with Gasteiger partial charge in [-0.05, 0) is 51.9 Å². The number of ketones is 1. The largest absolute Gasteiger partial charge is 0.373 e. The molecule has 41 heavy (non-hydrogen) atoms. The first-order chi connectivity index (χ1) is 19.8. The maximum Gasteiger partial charge on any atom is 0.162 e. The number of carbonyl (C=O) groups excluding carboxylic acids is 1. The number of allylic oxidation sites excluding steroid dienone is 1. The Morgan fingerprint density at radius 1 is 0.951 bits per heavy atom. The molecule has 5 aromatic rings. The Kier molecular flexibility index (Phi) is 6.29. The molecule has 0 fully saturated rings. The molecule has 2 heterocycles. The standard InChI is InChI=1S/C35H29Cl2N3O/c1-35(2)17-26-31-25-11-7-6-8-21(25)13-15-29(31)38-34(32(26)30(41)18-35)27-20-40(19-23-12-14-24(36)16-28(23)37)39-33(27)22-9-4-3-5-10-22/h3-16,20,34,38H,17-19H2,1-2H3/t34-/m1/s1. The predicted molar refractivity (Wildman–Crippen MR) is 168 cm³/mol. The highest BCUT2D eigenvalue weighted by Crippen LogP contribution is 2.52. The second kappa shape index (κ2) is 9.90. The van der Waals surface area contributed by atoms with Crippen LogP contribution in [0.3, 0.4) is 0 Å². The molecule has 0 radical (unpaired) electrons. The number of fused-ring (bicyclic) bond motifs is 4. The number of benzene rings is 4. The SMILES string of the molecule is CC1(C)CC(=O)C2=C(C1)c1c(ccc3ccccc13)N[C@@H]2c1cn(Cc2ccc(Cl)cc2Cl)nc1-c1ccccc1. The van der Waals surface area contributed by atoms with Gasteiger partial charge in [0.15, 0.2) is 5.78 Å². The summed E-state index contributed by atoms with van der Waals surface area (Å²) in [6.07, 6.45) is 3.41. The zero-order valence-corrected chi connectivity index (χ0v) is 24.4. The van der Waals surface area contributed by atoms with E-state index in [2.05, 4.69) is 73.9 Å². The predicted octanol–water partition coefficient (Wildman–Crippen LogP) is 9.37. The molecule has 1 aromatic heterocycles. The number of hydrogen-bond acceptors (Lipinski definition) is 3. The van der Waals surface area contributed by atoms with E-state index in [-0.39, 0.29) is 17.2 Å². The minimum absolute atomic E-state index is 0.121. The van der Waals surface area contributed by atoms with Crippen LogP contribution in [-0.2, 0) is 11.3 Å². The van der Waals surface area contributed by atoms with Gasteiger partial charge < -0.3 is 5.32 Å². The van der Waals surface area contributed by atoms with Crippen LogP contribution in [0.2, 0.25) is 10.0 Å². The van der Waals surface area contributed by atoms with Gasteiger partial charge in [0.2, 0.25) is 0 Å². The van der Waals surface area contributed by atoms with Gasteiger partial charge in [-0.25, -0.2) is 0 Å². The highest BCUT2D eigenvalue weighted by molar-refractivity contribution is 6.35. The Bertz CT molecular complexity index is 1870. The summed E-state index contributed by atoms with van der Waals surface area (Å²) in [5, 5.41) is 12.4. The van der Waals surface area contributed by atoms with Crippen LogP contribution in [0.5, 0.6) is 0 Å². The van der Waals surface area contributed by atoms with Crippen molar-refractivity contribution in [2.24, 2.45) is 5.41 Å². The first kappa shape index (κ1) is 26.1. The Hall–Kier alpha value is -3.86. The lowest BCUT2D eigenvalue weighted by molar-refractivity contribution is -0.118. The van der Waals surface area contributed by atoms with Crippen molar-refractivity contribution in [2.45, 2.75) is 39.3 Å². The average molecular weight is 579 g/mol. The number of nitrogens with zero attached hydrogens (tertiary/aromatic N) is 2. The zero-order valence-electron chi connectivity index (χ0n) is 22.9. The number of nitrogens with one attached hydrogen (secondary N) is 1. The molecule has 7 rings (SSSR count). The van der Waals surface area contributed by atoms with Gasteiger partial charge >= 0.3 is 0 Å². The fourth-order valence-corrected chi connectivity index (χ4v) is 6.91. The molecule has 0 unspecified atom stereocenters. The van der Waals surface area contributed by atoms with E-state index in [1.54, 1.807) is 6.07 Å². The molecule has 0 saturated carbocycles. The molecule has 0 spiro atoms. The van der Waals surface area contributed by atoms with Crippen LogP contribution in [0.1, 0.15) is 49.4 Å². The Morgan fingerprint density at radius 2 is 1.73 bits per heavy atom. The van der Waals surface area contributed by atoms with E-state index in [9.17, 15) is 4.79 Å². The van der Waals surface area contributed by atoms with Crippen LogP contribution in [0.15, 0.2) is 96.7 Å². The van der Waals surface area contributed by atoms with Crippen LogP contribution in [-0.4, -0.2) is 15.6 Å². The summed E-state index contributed by atoms with van der Waals surface area (Å²) in [5.74, 6) is 0.194. The first-order valence-corrected chi connectivity index (χ1v) is 14.6. The Balaban J connectivity index is 1.43. The number of anilines is 1. The second-order valence-corrected chi connectivity index (χ2v) is 12.7. The quantitative estimate of drug-likeness (QED) is 0.231. The number of rotatable bonds is 4. The molecule has 204 valence electrons. The molecule has 1 N–H and O–H groups in total. The number of halogens is 2. The smallest absolute Gasteiger partial charge is 0.162 e. The van der Waals surface area contributed by atoms with E-state index in [0.717, 1.165) is 51.2 Å². The zero-order chi connectivity index (χ0) is 28.3. The maximum absolute atomic E-state index is 14.0. The van der Waals surface area contributed by atoms with Gasteiger partial charge in [0.25, 0.3) is 0 Å². The lowest BCUT2D eigenvalue weighted by Crippen LogP contribution is -2.33. The van der Waals surface area contributed by atoms with E-state index in [1.807, 2.05) is 35.0 Å². The summed E-state index contributed by atoms with van der Waals surface area (Å²) in [5.41, 5.74) is 7.83. The van der Waals surface area contributed by atoms with E-state index in [0.29, 0.717) is 23.0 Å². The van der Waals surface area contributed by atoms with Crippen molar-refractivity contribution >= 4 is 51.0 Å². The topological polar surface area (TPSA) is 46.9 Å². The number of Topliss-reactive ketones (excluding diaryl/α,β-unsaturated/α-hetero) is 1. The maximum atomic E-state index is 14.0. The molecule has 4 aromatic carbocycles. The first-order valence-electron chi connectivity index (χ1n) is 13.9. The third-order valence-corrected chi connectivity index (χ3v) is 8.82. The second-order valence-electron chi connectivity index (χ2n) is 11.9. The summed E-state index contributed by atoms with van der Waals surface area (Å²) < 4.78 is 1.92. The summed E-state index contributed by atoms with van der Waals surface area (Å²) in [4.78, 5) is 14.0. The Labute approximate surface area is 249 Å². The normalized spacial score (nSPS) is 17.8.